The Morgan fingerprint density at radius 3 is 2.63 bits per heavy atom. The number of hydrogen-bond acceptors (Lipinski definition) is 4. The SMILES string of the molecule is CC(C)Cc1ccc(-c2csc(C(C#N)=CNc3ccccc3I)n2)cc1. The van der Waals surface area contributed by atoms with Gasteiger partial charge in [0.15, 0.2) is 0 Å². The predicted octanol–water partition coefficient (Wildman–Crippen LogP) is 6.59. The van der Waals surface area contributed by atoms with Crippen LogP contribution in [-0.2, 0) is 6.42 Å². The second-order valence-corrected chi connectivity index (χ2v) is 8.65. The molecular weight excluding hydrogens is 465 g/mol. The average molecular weight is 485 g/mol. The van der Waals surface area contributed by atoms with E-state index in [1.807, 2.05) is 29.6 Å². The molecule has 3 nitrogen and oxygen atoms in total. The summed E-state index contributed by atoms with van der Waals surface area (Å²) >= 11 is 3.76. The highest BCUT2D eigenvalue weighted by molar-refractivity contribution is 14.1. The van der Waals surface area contributed by atoms with Gasteiger partial charge in [-0.2, -0.15) is 5.26 Å². The molecule has 0 amide bonds. The Balaban J connectivity index is 1.78. The molecule has 3 aromatic rings. The van der Waals surface area contributed by atoms with E-state index in [-0.39, 0.29) is 0 Å². The van der Waals surface area contributed by atoms with Gasteiger partial charge < -0.3 is 5.32 Å². The van der Waals surface area contributed by atoms with Crippen molar-refractivity contribution in [2.45, 2.75) is 20.3 Å². The third kappa shape index (κ3) is 5.18. The molecule has 1 heterocycles. The number of thiazole rings is 1. The van der Waals surface area contributed by atoms with Crippen LogP contribution in [0.2, 0.25) is 0 Å². The molecular formula is C22H20IN3S. The maximum atomic E-state index is 9.53. The number of allylic oxidation sites excluding steroid dienone is 1. The summed E-state index contributed by atoms with van der Waals surface area (Å²) < 4.78 is 1.10. The lowest BCUT2D eigenvalue weighted by molar-refractivity contribution is 0.647. The van der Waals surface area contributed by atoms with Crippen molar-refractivity contribution in [3.63, 3.8) is 0 Å². The Labute approximate surface area is 177 Å². The normalized spacial score (nSPS) is 11.4. The zero-order valence-corrected chi connectivity index (χ0v) is 18.2. The van der Waals surface area contributed by atoms with E-state index in [1.165, 1.54) is 16.9 Å². The van der Waals surface area contributed by atoms with Gasteiger partial charge in [-0.1, -0.05) is 50.2 Å². The highest BCUT2D eigenvalue weighted by atomic mass is 127. The molecule has 0 radical (unpaired) electrons. The van der Waals surface area contributed by atoms with E-state index >= 15 is 0 Å². The largest absolute Gasteiger partial charge is 0.359 e. The number of benzene rings is 2. The fraction of sp³-hybridized carbons (Fsp3) is 0.182. The van der Waals surface area contributed by atoms with E-state index in [0.29, 0.717) is 11.5 Å². The summed E-state index contributed by atoms with van der Waals surface area (Å²) in [6.07, 6.45) is 2.81. The monoisotopic (exact) mass is 485 g/mol. The molecule has 0 saturated heterocycles. The average Bonchev–Trinajstić information content (AvgIpc) is 3.14. The predicted molar refractivity (Wildman–Crippen MR) is 122 cm³/mol. The summed E-state index contributed by atoms with van der Waals surface area (Å²) in [5.41, 5.74) is 4.82. The van der Waals surface area contributed by atoms with Gasteiger partial charge in [-0.05, 0) is 52.6 Å². The minimum Gasteiger partial charge on any atom is -0.359 e. The molecule has 0 bridgehead atoms. The maximum Gasteiger partial charge on any atom is 0.136 e. The number of aromatic nitrogens is 1. The van der Waals surface area contributed by atoms with Gasteiger partial charge in [-0.25, -0.2) is 4.98 Å². The lowest BCUT2D eigenvalue weighted by Crippen LogP contribution is -1.94. The Morgan fingerprint density at radius 2 is 1.96 bits per heavy atom. The molecule has 0 spiro atoms. The molecule has 1 aromatic heterocycles. The number of rotatable bonds is 6. The van der Waals surface area contributed by atoms with Crippen molar-refractivity contribution >= 4 is 45.2 Å². The second-order valence-electron chi connectivity index (χ2n) is 6.63. The van der Waals surface area contributed by atoms with Crippen molar-refractivity contribution in [3.05, 3.63) is 74.3 Å². The first-order valence-electron chi connectivity index (χ1n) is 8.73. The zero-order valence-electron chi connectivity index (χ0n) is 15.2. The standard InChI is InChI=1S/C22H20IN3S/c1-15(2)11-16-7-9-17(10-8-16)21-14-27-22(26-21)18(12-24)13-25-20-6-4-3-5-19(20)23/h3-10,13-15,25H,11H2,1-2H3. The molecule has 0 aliphatic carbocycles. The first-order chi connectivity index (χ1) is 13.1. The zero-order chi connectivity index (χ0) is 19.2. The van der Waals surface area contributed by atoms with Crippen LogP contribution in [0.3, 0.4) is 0 Å². The van der Waals surface area contributed by atoms with Crippen LogP contribution in [0.15, 0.2) is 60.1 Å². The van der Waals surface area contributed by atoms with Gasteiger partial charge in [0.2, 0.25) is 0 Å². The molecule has 27 heavy (non-hydrogen) atoms. The first kappa shape index (κ1) is 19.6. The van der Waals surface area contributed by atoms with Crippen LogP contribution in [-0.4, -0.2) is 4.98 Å². The molecule has 3 rings (SSSR count). The van der Waals surface area contributed by atoms with E-state index in [1.54, 1.807) is 6.20 Å². The number of nitriles is 1. The van der Waals surface area contributed by atoms with Gasteiger partial charge in [0.05, 0.1) is 11.4 Å². The topological polar surface area (TPSA) is 48.7 Å². The Bertz CT molecular complexity index is 981. The quantitative estimate of drug-likeness (QED) is 0.317. The third-order valence-corrected chi connectivity index (χ3v) is 5.81. The van der Waals surface area contributed by atoms with Gasteiger partial charge >= 0.3 is 0 Å². The number of hydrogen-bond donors (Lipinski definition) is 1. The lowest BCUT2D eigenvalue weighted by atomic mass is 10.0. The van der Waals surface area contributed by atoms with E-state index < -0.39 is 0 Å². The van der Waals surface area contributed by atoms with E-state index in [9.17, 15) is 5.26 Å². The van der Waals surface area contributed by atoms with Crippen molar-refractivity contribution in [1.82, 2.24) is 4.98 Å². The number of nitrogens with zero attached hydrogens (tertiary/aromatic N) is 2. The molecule has 2 aromatic carbocycles. The molecule has 5 heteroatoms. The summed E-state index contributed by atoms with van der Waals surface area (Å²) in [5.74, 6) is 0.644. The number of nitrogens with one attached hydrogen (secondary N) is 1. The molecule has 0 saturated carbocycles. The molecule has 0 fully saturated rings. The molecule has 0 aliphatic heterocycles. The van der Waals surface area contributed by atoms with Crippen LogP contribution in [0.25, 0.3) is 16.8 Å². The number of para-hydroxylation sites is 1. The van der Waals surface area contributed by atoms with Crippen LogP contribution in [0.4, 0.5) is 5.69 Å². The van der Waals surface area contributed by atoms with Crippen molar-refractivity contribution in [1.29, 1.82) is 5.26 Å². The van der Waals surface area contributed by atoms with Crippen molar-refractivity contribution in [3.8, 4) is 17.3 Å². The molecule has 0 atom stereocenters. The fourth-order valence-electron chi connectivity index (χ4n) is 2.68. The van der Waals surface area contributed by atoms with Crippen LogP contribution < -0.4 is 5.32 Å². The van der Waals surface area contributed by atoms with E-state index in [4.69, 9.17) is 0 Å². The second kappa shape index (κ2) is 9.16. The number of anilines is 1. The summed E-state index contributed by atoms with van der Waals surface area (Å²) in [7, 11) is 0. The summed E-state index contributed by atoms with van der Waals surface area (Å²) in [6, 6.07) is 18.7. The van der Waals surface area contributed by atoms with Gasteiger partial charge in [0.25, 0.3) is 0 Å². The van der Waals surface area contributed by atoms with Crippen molar-refractivity contribution in [2.24, 2.45) is 5.92 Å². The maximum absolute atomic E-state index is 9.53. The summed E-state index contributed by atoms with van der Waals surface area (Å²) in [5, 5.41) is 15.5. The number of halogens is 1. The highest BCUT2D eigenvalue weighted by Gasteiger charge is 2.09. The first-order valence-corrected chi connectivity index (χ1v) is 10.7. The lowest BCUT2D eigenvalue weighted by Gasteiger charge is -2.05. The van der Waals surface area contributed by atoms with Crippen LogP contribution >= 0.6 is 33.9 Å². The van der Waals surface area contributed by atoms with E-state index in [2.05, 4.69) is 77.1 Å². The van der Waals surface area contributed by atoms with Crippen LogP contribution in [0.1, 0.15) is 24.4 Å². The smallest absolute Gasteiger partial charge is 0.136 e. The Morgan fingerprint density at radius 1 is 1.22 bits per heavy atom. The third-order valence-electron chi connectivity index (χ3n) is 3.99. The van der Waals surface area contributed by atoms with Crippen LogP contribution in [0.5, 0.6) is 0 Å². The van der Waals surface area contributed by atoms with Gasteiger partial charge in [-0.3, -0.25) is 0 Å². The summed E-state index contributed by atoms with van der Waals surface area (Å²) in [6.45, 7) is 4.45. The molecule has 1 N–H and O–H groups in total. The molecule has 136 valence electrons. The minimum absolute atomic E-state index is 0.530. The fourth-order valence-corrected chi connectivity index (χ4v) is 4.02. The van der Waals surface area contributed by atoms with Crippen LogP contribution in [0, 0.1) is 20.8 Å². The summed E-state index contributed by atoms with van der Waals surface area (Å²) in [4.78, 5) is 4.66. The van der Waals surface area contributed by atoms with Gasteiger partial charge in [0.1, 0.15) is 16.6 Å². The Kier molecular flexibility index (Phi) is 6.64. The van der Waals surface area contributed by atoms with Crippen molar-refractivity contribution < 1.29 is 0 Å². The Hall–Kier alpha value is -2.17. The molecule has 0 unspecified atom stereocenters. The highest BCUT2D eigenvalue weighted by Crippen LogP contribution is 2.27. The van der Waals surface area contributed by atoms with Gasteiger partial charge in [0, 0.05) is 20.7 Å². The van der Waals surface area contributed by atoms with Gasteiger partial charge in [-0.15, -0.1) is 11.3 Å². The van der Waals surface area contributed by atoms with E-state index in [0.717, 1.165) is 31.9 Å². The van der Waals surface area contributed by atoms with Crippen molar-refractivity contribution in [2.75, 3.05) is 5.32 Å². The minimum atomic E-state index is 0.530. The molecule has 0 aliphatic rings.